The highest BCUT2D eigenvalue weighted by Crippen LogP contribution is 2.42. The van der Waals surface area contributed by atoms with Crippen LogP contribution in [-0.2, 0) is 38.6 Å². The molecule has 4 atom stereocenters. The van der Waals surface area contributed by atoms with Crippen LogP contribution in [-0.4, -0.2) is 58.2 Å². The van der Waals surface area contributed by atoms with Gasteiger partial charge in [0.15, 0.2) is 6.29 Å². The molecule has 1 fully saturated rings. The van der Waals surface area contributed by atoms with Crippen molar-refractivity contribution in [3.63, 3.8) is 0 Å². The Morgan fingerprint density at radius 2 is 1.65 bits per heavy atom. The summed E-state index contributed by atoms with van der Waals surface area (Å²) in [6.45, 7) is 4.13. The molecule has 0 bridgehead atoms. The minimum atomic E-state index is -0.897. The number of hydrogen-bond donors (Lipinski definition) is 3. The molecular weight excluding hydrogens is 606 g/mol. The van der Waals surface area contributed by atoms with Gasteiger partial charge in [0.2, 0.25) is 5.91 Å². The van der Waals surface area contributed by atoms with Gasteiger partial charge in [0.05, 0.1) is 18.8 Å². The molecular formula is C39H45N3O6. The highest BCUT2D eigenvalue weighted by atomic mass is 16.7. The number of rotatable bonds is 15. The summed E-state index contributed by atoms with van der Waals surface area (Å²) in [6.07, 6.45) is 2.33. The van der Waals surface area contributed by atoms with Gasteiger partial charge >= 0.3 is 5.97 Å². The Balaban J connectivity index is 1.27. The van der Waals surface area contributed by atoms with Crippen LogP contribution in [0.4, 0.5) is 0 Å². The van der Waals surface area contributed by atoms with Gasteiger partial charge < -0.3 is 29.9 Å². The second-order valence-corrected chi connectivity index (χ2v) is 12.5. The molecule has 1 aromatic heterocycles. The number of aromatic nitrogens is 1. The number of benzene rings is 3. The van der Waals surface area contributed by atoms with Gasteiger partial charge in [-0.05, 0) is 59.5 Å². The monoisotopic (exact) mass is 651 g/mol. The average Bonchev–Trinajstić information content (AvgIpc) is 3.11. The van der Waals surface area contributed by atoms with Crippen molar-refractivity contribution in [3.8, 4) is 11.1 Å². The Labute approximate surface area is 282 Å². The minimum Gasteiger partial charge on any atom is -0.481 e. The lowest BCUT2D eigenvalue weighted by atomic mass is 9.90. The molecule has 0 aliphatic carbocycles. The second-order valence-electron chi connectivity index (χ2n) is 12.5. The first-order valence-corrected chi connectivity index (χ1v) is 16.6. The number of carboxylic acid groups (broad SMARTS) is 1. The number of likely N-dealkylation sites (N-methyl/N-ethyl adjacent to an activating group) is 1. The van der Waals surface area contributed by atoms with Gasteiger partial charge in [-0.2, -0.15) is 0 Å². The number of aliphatic hydroxyl groups is 1. The van der Waals surface area contributed by atoms with Crippen molar-refractivity contribution in [1.29, 1.82) is 0 Å². The van der Waals surface area contributed by atoms with Crippen LogP contribution < -0.4 is 5.32 Å². The van der Waals surface area contributed by atoms with Crippen molar-refractivity contribution in [3.05, 3.63) is 125 Å². The minimum absolute atomic E-state index is 0.00469. The van der Waals surface area contributed by atoms with Gasteiger partial charge in [0, 0.05) is 62.3 Å². The zero-order valence-electron chi connectivity index (χ0n) is 27.6. The lowest BCUT2D eigenvalue weighted by Crippen LogP contribution is -2.43. The highest BCUT2D eigenvalue weighted by molar-refractivity contribution is 5.76. The van der Waals surface area contributed by atoms with Crippen LogP contribution in [0.1, 0.15) is 66.5 Å². The fourth-order valence-corrected chi connectivity index (χ4v) is 5.96. The van der Waals surface area contributed by atoms with E-state index in [4.69, 9.17) is 14.6 Å². The number of ether oxygens (including phenoxy) is 2. The number of aliphatic carboxylic acids is 1. The summed E-state index contributed by atoms with van der Waals surface area (Å²) in [7, 11) is 2.11. The number of hydrogen-bond acceptors (Lipinski definition) is 7. The lowest BCUT2D eigenvalue weighted by molar-refractivity contribution is -0.275. The maximum atomic E-state index is 12.1. The van der Waals surface area contributed by atoms with E-state index in [1.54, 1.807) is 0 Å². The smallest absolute Gasteiger partial charge is 0.303 e. The quantitative estimate of drug-likeness (QED) is 0.142. The van der Waals surface area contributed by atoms with E-state index < -0.39 is 12.3 Å². The normalized spacial score (nSPS) is 19.2. The van der Waals surface area contributed by atoms with Crippen LogP contribution in [0, 0.1) is 5.92 Å². The summed E-state index contributed by atoms with van der Waals surface area (Å²) in [5.74, 6) is -0.975. The molecule has 9 heteroatoms. The molecule has 1 saturated heterocycles. The number of pyridine rings is 1. The van der Waals surface area contributed by atoms with Crippen molar-refractivity contribution >= 4 is 11.9 Å². The van der Waals surface area contributed by atoms with E-state index in [-0.39, 0.29) is 43.5 Å². The van der Waals surface area contributed by atoms with Crippen LogP contribution in [0.2, 0.25) is 0 Å². The van der Waals surface area contributed by atoms with Gasteiger partial charge in [-0.15, -0.1) is 0 Å². The fourth-order valence-electron chi connectivity index (χ4n) is 5.96. The van der Waals surface area contributed by atoms with E-state index in [9.17, 15) is 14.7 Å². The Kier molecular flexibility index (Phi) is 12.5. The molecule has 48 heavy (non-hydrogen) atoms. The molecule has 0 unspecified atom stereocenters. The summed E-state index contributed by atoms with van der Waals surface area (Å²) in [5, 5.41) is 21.2. The van der Waals surface area contributed by atoms with Gasteiger partial charge in [-0.3, -0.25) is 14.6 Å². The van der Waals surface area contributed by atoms with Gasteiger partial charge in [-0.1, -0.05) is 79.7 Å². The number of amides is 1. The third-order valence-corrected chi connectivity index (χ3v) is 8.82. The van der Waals surface area contributed by atoms with E-state index >= 15 is 0 Å². The number of nitrogens with zero attached hydrogens (tertiary/aromatic N) is 2. The molecule has 2 heterocycles. The number of carboxylic acids is 1. The van der Waals surface area contributed by atoms with Crippen molar-refractivity contribution < 1.29 is 29.3 Å². The van der Waals surface area contributed by atoms with Gasteiger partial charge in [-0.25, -0.2) is 0 Å². The third-order valence-electron chi connectivity index (χ3n) is 8.82. The standard InChI is InChI=1S/C39H45N3O6/c1-27-35(25-42(2)22-20-34-9-3-4-21-40-34)47-39(48-38(27)31-14-12-28(26-43)13-15-31)32-18-16-30(17-19-32)33-8-5-7-29(23-33)24-41-36(44)10-6-11-37(45)46/h3-5,7-9,12-19,21,23,27,35,38-39,43H,6,10-11,20,22,24-26H2,1-2H3,(H,41,44)(H,45,46)/t27-,35+,38+,39+/m1/s1. The van der Waals surface area contributed by atoms with Crippen LogP contribution >= 0.6 is 0 Å². The first-order chi connectivity index (χ1) is 23.3. The number of carbonyl (C=O) groups excluding carboxylic acids is 1. The largest absolute Gasteiger partial charge is 0.481 e. The van der Waals surface area contributed by atoms with Crippen LogP contribution in [0.5, 0.6) is 0 Å². The molecule has 0 radical (unpaired) electrons. The number of carbonyl (C=O) groups is 2. The molecule has 0 spiro atoms. The fraction of sp³-hybridized carbons (Fsp3) is 0.359. The lowest BCUT2D eigenvalue weighted by Gasteiger charge is -2.42. The number of nitrogens with one attached hydrogen (secondary N) is 1. The predicted molar refractivity (Wildman–Crippen MR) is 184 cm³/mol. The molecule has 3 N–H and O–H groups in total. The van der Waals surface area contributed by atoms with Gasteiger partial charge in [0.1, 0.15) is 0 Å². The molecule has 3 aromatic carbocycles. The van der Waals surface area contributed by atoms with Crippen molar-refractivity contribution in [2.75, 3.05) is 20.1 Å². The second kappa shape index (κ2) is 17.1. The zero-order chi connectivity index (χ0) is 33.9. The Bertz CT molecular complexity index is 1610. The van der Waals surface area contributed by atoms with E-state index in [1.165, 1.54) is 0 Å². The molecule has 1 aliphatic rings. The first-order valence-electron chi connectivity index (χ1n) is 16.6. The SMILES string of the molecule is C[C@@H]1[C@H](CN(C)CCc2ccccn2)O[C@H](c2ccc(-c3cccc(CNC(=O)CCCC(=O)O)c3)cc2)O[C@@H]1c1ccc(CO)cc1. The summed E-state index contributed by atoms with van der Waals surface area (Å²) < 4.78 is 13.3. The Morgan fingerprint density at radius 1 is 0.875 bits per heavy atom. The molecule has 1 amide bonds. The van der Waals surface area contributed by atoms with E-state index in [1.807, 2.05) is 79.0 Å². The molecule has 1 aliphatic heterocycles. The van der Waals surface area contributed by atoms with Crippen LogP contribution in [0.15, 0.2) is 97.2 Å². The van der Waals surface area contributed by atoms with Crippen molar-refractivity contribution in [2.24, 2.45) is 5.92 Å². The maximum Gasteiger partial charge on any atom is 0.303 e. The topological polar surface area (TPSA) is 121 Å². The zero-order valence-corrected chi connectivity index (χ0v) is 27.6. The highest BCUT2D eigenvalue weighted by Gasteiger charge is 2.38. The molecule has 4 aromatic rings. The van der Waals surface area contributed by atoms with E-state index in [2.05, 4.69) is 47.4 Å². The van der Waals surface area contributed by atoms with Crippen molar-refractivity contribution in [2.45, 2.75) is 64.3 Å². The van der Waals surface area contributed by atoms with E-state index in [0.717, 1.165) is 58.6 Å². The van der Waals surface area contributed by atoms with Crippen LogP contribution in [0.25, 0.3) is 11.1 Å². The molecule has 0 saturated carbocycles. The Morgan fingerprint density at radius 3 is 2.35 bits per heavy atom. The molecule has 9 nitrogen and oxygen atoms in total. The summed E-state index contributed by atoms with van der Waals surface area (Å²) in [5.41, 5.74) is 6.91. The third kappa shape index (κ3) is 9.81. The maximum absolute atomic E-state index is 12.1. The molecule has 5 rings (SSSR count). The predicted octanol–water partition coefficient (Wildman–Crippen LogP) is 6.08. The van der Waals surface area contributed by atoms with Crippen LogP contribution in [0.3, 0.4) is 0 Å². The Hall–Kier alpha value is -4.41. The molecule has 252 valence electrons. The van der Waals surface area contributed by atoms with Gasteiger partial charge in [0.25, 0.3) is 0 Å². The summed E-state index contributed by atoms with van der Waals surface area (Å²) in [6, 6.07) is 30.1. The summed E-state index contributed by atoms with van der Waals surface area (Å²) in [4.78, 5) is 29.6. The number of aliphatic hydroxyl groups excluding tert-OH is 1. The average molecular weight is 652 g/mol. The first kappa shape index (κ1) is 34.9. The van der Waals surface area contributed by atoms with E-state index in [0.29, 0.717) is 13.0 Å². The van der Waals surface area contributed by atoms with Crippen molar-refractivity contribution in [1.82, 2.24) is 15.2 Å². The summed E-state index contributed by atoms with van der Waals surface area (Å²) >= 11 is 0.